The van der Waals surface area contributed by atoms with E-state index in [1.165, 1.54) is 5.56 Å². The quantitative estimate of drug-likeness (QED) is 0.751. The monoisotopic (exact) mass is 417 g/mol. The molecule has 0 spiro atoms. The van der Waals surface area contributed by atoms with Gasteiger partial charge in [0.25, 0.3) is 5.91 Å². The Bertz CT molecular complexity index is 821. The summed E-state index contributed by atoms with van der Waals surface area (Å²) >= 11 is 3.32. The van der Waals surface area contributed by atoms with Crippen molar-refractivity contribution in [2.24, 2.45) is 0 Å². The third kappa shape index (κ3) is 4.25. The molecule has 2 aromatic carbocycles. The van der Waals surface area contributed by atoms with E-state index in [9.17, 15) is 9.59 Å². The summed E-state index contributed by atoms with van der Waals surface area (Å²) in [6.45, 7) is -0.304. The van der Waals surface area contributed by atoms with Crippen LogP contribution in [-0.4, -0.2) is 25.6 Å². The van der Waals surface area contributed by atoms with Gasteiger partial charge in [-0.2, -0.15) is 0 Å². The first-order valence-electron chi connectivity index (χ1n) is 8.46. The van der Waals surface area contributed by atoms with E-state index in [2.05, 4.69) is 27.3 Å². The molecule has 1 aliphatic carbocycles. The molecule has 3 rings (SSSR count). The van der Waals surface area contributed by atoms with Gasteiger partial charge in [0.05, 0.1) is 23.2 Å². The lowest BCUT2D eigenvalue weighted by Crippen LogP contribution is -2.34. The number of amides is 1. The summed E-state index contributed by atoms with van der Waals surface area (Å²) in [5, 5.41) is 2.97. The second kappa shape index (κ2) is 8.36. The van der Waals surface area contributed by atoms with Crippen LogP contribution >= 0.6 is 15.9 Å². The largest absolute Gasteiger partial charge is 0.496 e. The minimum atomic E-state index is -0.549. The molecule has 2 aromatic rings. The molecule has 1 amide bonds. The number of halogens is 1. The molecule has 6 heteroatoms. The molecule has 1 aliphatic rings. The minimum Gasteiger partial charge on any atom is -0.496 e. The number of benzene rings is 2. The molecule has 1 N–H and O–H groups in total. The van der Waals surface area contributed by atoms with Gasteiger partial charge in [0.15, 0.2) is 6.61 Å². The molecule has 0 aromatic heterocycles. The SMILES string of the molecule is COc1ccc(C(=O)OCC(=O)NC2CCCc3ccccc32)cc1Br. The lowest BCUT2D eigenvalue weighted by atomic mass is 9.88. The van der Waals surface area contributed by atoms with Crippen LogP contribution in [0, 0.1) is 0 Å². The zero-order chi connectivity index (χ0) is 18.5. The molecular formula is C20H20BrNO4. The van der Waals surface area contributed by atoms with E-state index in [0.717, 1.165) is 24.8 Å². The molecule has 26 heavy (non-hydrogen) atoms. The Balaban J connectivity index is 1.56. The average molecular weight is 418 g/mol. The predicted octanol–water partition coefficient (Wildman–Crippen LogP) is 3.81. The number of hydrogen-bond acceptors (Lipinski definition) is 4. The summed E-state index contributed by atoms with van der Waals surface area (Å²) in [5.74, 6) is -0.226. The van der Waals surface area contributed by atoms with Crippen LogP contribution in [-0.2, 0) is 16.0 Å². The molecule has 136 valence electrons. The third-order valence-electron chi connectivity index (χ3n) is 4.43. The van der Waals surface area contributed by atoms with Gasteiger partial charge in [-0.1, -0.05) is 24.3 Å². The molecule has 0 saturated heterocycles. The van der Waals surface area contributed by atoms with Crippen molar-refractivity contribution >= 4 is 27.8 Å². The Morgan fingerprint density at radius 2 is 2.04 bits per heavy atom. The first kappa shape index (κ1) is 18.5. The number of ether oxygens (including phenoxy) is 2. The van der Waals surface area contributed by atoms with E-state index in [4.69, 9.17) is 9.47 Å². The van der Waals surface area contributed by atoms with Crippen molar-refractivity contribution in [1.82, 2.24) is 5.32 Å². The first-order valence-corrected chi connectivity index (χ1v) is 9.25. The van der Waals surface area contributed by atoms with Gasteiger partial charge in [0.1, 0.15) is 5.75 Å². The molecular weight excluding hydrogens is 398 g/mol. The summed E-state index contributed by atoms with van der Waals surface area (Å²) in [7, 11) is 1.55. The van der Waals surface area contributed by atoms with Crippen molar-refractivity contribution in [3.05, 3.63) is 63.6 Å². The van der Waals surface area contributed by atoms with Gasteiger partial charge in [-0.25, -0.2) is 4.79 Å². The van der Waals surface area contributed by atoms with Gasteiger partial charge in [-0.05, 0) is 64.5 Å². The predicted molar refractivity (Wildman–Crippen MR) is 101 cm³/mol. The van der Waals surface area contributed by atoms with Gasteiger partial charge in [-0.15, -0.1) is 0 Å². The molecule has 1 atom stereocenters. The van der Waals surface area contributed by atoms with E-state index in [1.807, 2.05) is 18.2 Å². The van der Waals surface area contributed by atoms with E-state index >= 15 is 0 Å². The number of esters is 1. The molecule has 0 bridgehead atoms. The fraction of sp³-hybridized carbons (Fsp3) is 0.300. The third-order valence-corrected chi connectivity index (χ3v) is 5.05. The fourth-order valence-electron chi connectivity index (χ4n) is 3.15. The number of fused-ring (bicyclic) bond motifs is 1. The van der Waals surface area contributed by atoms with Crippen molar-refractivity contribution in [3.63, 3.8) is 0 Å². The average Bonchev–Trinajstić information content (AvgIpc) is 2.66. The van der Waals surface area contributed by atoms with Crippen molar-refractivity contribution in [1.29, 1.82) is 0 Å². The Hall–Kier alpha value is -2.34. The number of carbonyl (C=O) groups is 2. The number of methoxy groups -OCH3 is 1. The Morgan fingerprint density at radius 1 is 1.23 bits per heavy atom. The highest BCUT2D eigenvalue weighted by molar-refractivity contribution is 9.10. The second-order valence-corrected chi connectivity index (χ2v) is 6.99. The standard InChI is InChI=1S/C20H20BrNO4/c1-25-18-10-9-14(11-16(18)21)20(24)26-12-19(23)22-17-8-4-6-13-5-2-3-7-15(13)17/h2-3,5,7,9-11,17H,4,6,8,12H2,1H3,(H,22,23). The van der Waals surface area contributed by atoms with Crippen molar-refractivity contribution in [3.8, 4) is 5.75 Å². The first-order chi connectivity index (χ1) is 12.6. The molecule has 5 nitrogen and oxygen atoms in total. The van der Waals surface area contributed by atoms with Crippen LogP contribution in [0.15, 0.2) is 46.9 Å². The second-order valence-electron chi connectivity index (χ2n) is 6.14. The summed E-state index contributed by atoms with van der Waals surface area (Å²) in [6.07, 6.45) is 2.95. The zero-order valence-corrected chi connectivity index (χ0v) is 16.0. The topological polar surface area (TPSA) is 64.6 Å². The summed E-state index contributed by atoms with van der Waals surface area (Å²) < 4.78 is 10.9. The molecule has 0 radical (unpaired) electrons. The maximum Gasteiger partial charge on any atom is 0.338 e. The highest BCUT2D eigenvalue weighted by atomic mass is 79.9. The summed E-state index contributed by atoms with van der Waals surface area (Å²) in [4.78, 5) is 24.3. The lowest BCUT2D eigenvalue weighted by Gasteiger charge is -2.26. The lowest BCUT2D eigenvalue weighted by molar-refractivity contribution is -0.125. The van der Waals surface area contributed by atoms with Crippen LogP contribution in [0.1, 0.15) is 40.4 Å². The van der Waals surface area contributed by atoms with Gasteiger partial charge < -0.3 is 14.8 Å². The molecule has 0 fully saturated rings. The zero-order valence-electron chi connectivity index (χ0n) is 14.5. The fourth-order valence-corrected chi connectivity index (χ4v) is 3.69. The van der Waals surface area contributed by atoms with Crippen molar-refractivity contribution in [2.75, 3.05) is 13.7 Å². The van der Waals surface area contributed by atoms with Crippen LogP contribution in [0.25, 0.3) is 0 Å². The van der Waals surface area contributed by atoms with Crippen LogP contribution in [0.4, 0.5) is 0 Å². The van der Waals surface area contributed by atoms with E-state index < -0.39 is 5.97 Å². The van der Waals surface area contributed by atoms with Gasteiger partial charge in [-0.3, -0.25) is 4.79 Å². The minimum absolute atomic E-state index is 0.0266. The van der Waals surface area contributed by atoms with E-state index in [0.29, 0.717) is 15.8 Å². The Morgan fingerprint density at radius 3 is 2.81 bits per heavy atom. The Labute approximate surface area is 160 Å². The highest BCUT2D eigenvalue weighted by Crippen LogP contribution is 2.29. The van der Waals surface area contributed by atoms with Gasteiger partial charge in [0.2, 0.25) is 0 Å². The van der Waals surface area contributed by atoms with Crippen LogP contribution < -0.4 is 10.1 Å². The normalized spacial score (nSPS) is 15.7. The van der Waals surface area contributed by atoms with Gasteiger partial charge >= 0.3 is 5.97 Å². The van der Waals surface area contributed by atoms with E-state index in [1.54, 1.807) is 25.3 Å². The number of carbonyl (C=O) groups excluding carboxylic acids is 2. The van der Waals surface area contributed by atoms with E-state index in [-0.39, 0.29) is 18.6 Å². The maximum absolute atomic E-state index is 12.2. The number of rotatable bonds is 5. The Kier molecular flexibility index (Phi) is 5.93. The van der Waals surface area contributed by atoms with Crippen molar-refractivity contribution < 1.29 is 19.1 Å². The highest BCUT2D eigenvalue weighted by Gasteiger charge is 2.22. The van der Waals surface area contributed by atoms with Crippen molar-refractivity contribution in [2.45, 2.75) is 25.3 Å². The molecule has 0 aliphatic heterocycles. The molecule has 0 heterocycles. The maximum atomic E-state index is 12.2. The number of nitrogens with one attached hydrogen (secondary N) is 1. The number of aryl methyl sites for hydroxylation is 1. The molecule has 1 unspecified atom stereocenters. The summed E-state index contributed by atoms with van der Waals surface area (Å²) in [5.41, 5.74) is 2.77. The molecule has 0 saturated carbocycles. The smallest absolute Gasteiger partial charge is 0.338 e. The van der Waals surface area contributed by atoms with Crippen LogP contribution in [0.5, 0.6) is 5.75 Å². The van der Waals surface area contributed by atoms with Gasteiger partial charge in [0, 0.05) is 0 Å². The van der Waals surface area contributed by atoms with Crippen LogP contribution in [0.2, 0.25) is 0 Å². The summed E-state index contributed by atoms with van der Waals surface area (Å²) in [6, 6.07) is 13.0. The number of hydrogen-bond donors (Lipinski definition) is 1. The van der Waals surface area contributed by atoms with Crippen LogP contribution in [0.3, 0.4) is 0 Å².